The number of hydrogen-bond acceptors (Lipinski definition) is 9. The monoisotopic (exact) mass is 514 g/mol. The van der Waals surface area contributed by atoms with E-state index in [9.17, 15) is 0 Å². The Morgan fingerprint density at radius 3 is 1.94 bits per heavy atom. The Morgan fingerprint density at radius 2 is 1.41 bits per heavy atom. The van der Waals surface area contributed by atoms with Crippen molar-refractivity contribution in [3.8, 4) is 0 Å². The maximum Gasteiger partial charge on any atom is 0.146 e. The Hall–Kier alpha value is -0.880. The fraction of sp³-hybridized carbons (Fsp3) is 0.680. The predicted molar refractivity (Wildman–Crippen MR) is 134 cm³/mol. The lowest BCUT2D eigenvalue weighted by Crippen LogP contribution is -2.27. The van der Waals surface area contributed by atoms with Crippen LogP contribution >= 0.6 is 22.7 Å². The Morgan fingerprint density at radius 1 is 0.853 bits per heavy atom. The summed E-state index contributed by atoms with van der Waals surface area (Å²) in [4.78, 5) is 2.85. The first-order valence-electron chi connectivity index (χ1n) is 11.9. The van der Waals surface area contributed by atoms with Gasteiger partial charge in [0.15, 0.2) is 0 Å². The topological polar surface area (TPSA) is 71.2 Å². The SMILES string of the molecule is COCOC(COCCCc1cccs1)COCC1CO1.c1csc(CCCOCC2CO2)c1. The number of aryl methyl sites for hydroxylation is 2. The number of methoxy groups -OCH3 is 1. The van der Waals surface area contributed by atoms with Crippen LogP contribution in [0.2, 0.25) is 0 Å². The lowest BCUT2D eigenvalue weighted by atomic mass is 10.3. The third-order valence-electron chi connectivity index (χ3n) is 5.03. The maximum absolute atomic E-state index is 5.68. The molecule has 0 radical (unpaired) electrons. The molecular formula is C25H38O7S2. The minimum Gasteiger partial charge on any atom is -0.379 e. The first-order chi connectivity index (χ1) is 16.8. The molecule has 4 heterocycles. The molecule has 2 saturated heterocycles. The van der Waals surface area contributed by atoms with Gasteiger partial charge in [-0.15, -0.1) is 22.7 Å². The molecule has 0 aromatic carbocycles. The Labute approximate surface area is 211 Å². The maximum atomic E-state index is 5.68. The molecule has 2 aliphatic heterocycles. The lowest BCUT2D eigenvalue weighted by molar-refractivity contribution is -0.121. The van der Waals surface area contributed by atoms with E-state index in [1.54, 1.807) is 18.4 Å². The van der Waals surface area contributed by atoms with E-state index in [4.69, 9.17) is 33.2 Å². The summed E-state index contributed by atoms with van der Waals surface area (Å²) in [6.07, 6.45) is 4.94. The number of hydrogen-bond donors (Lipinski definition) is 0. The molecule has 2 fully saturated rings. The molecule has 3 atom stereocenters. The van der Waals surface area contributed by atoms with Crippen LogP contribution in [0.4, 0.5) is 0 Å². The smallest absolute Gasteiger partial charge is 0.146 e. The molecule has 2 aromatic heterocycles. The van der Waals surface area contributed by atoms with Crippen LogP contribution in [0, 0.1) is 0 Å². The Balaban J connectivity index is 0.000000212. The quantitative estimate of drug-likeness (QED) is 0.158. The normalized spacial score (nSPS) is 19.4. The molecule has 3 unspecified atom stereocenters. The fourth-order valence-electron chi connectivity index (χ4n) is 3.00. The van der Waals surface area contributed by atoms with E-state index in [1.165, 1.54) is 9.75 Å². The number of rotatable bonds is 19. The summed E-state index contributed by atoms with van der Waals surface area (Å²) < 4.78 is 37.3. The van der Waals surface area contributed by atoms with Crippen molar-refractivity contribution in [2.24, 2.45) is 0 Å². The molecule has 9 heteroatoms. The average molecular weight is 515 g/mol. The summed E-state index contributed by atoms with van der Waals surface area (Å²) in [6, 6.07) is 8.51. The second-order valence-electron chi connectivity index (χ2n) is 8.16. The standard InChI is InChI=1S/C15H24O5S.C10H14O2S/c1-16-12-20-13(9-18-10-14-11-19-14)8-17-6-2-4-15-5-3-7-21-15;1(3-10-4-2-6-13-10)5-11-7-9-8-12-9/h3,5,7,13-14H,2,4,6,8-12H2,1H3;2,4,6,9H,1,3,5,7-8H2. The van der Waals surface area contributed by atoms with Crippen molar-refractivity contribution in [3.63, 3.8) is 0 Å². The summed E-state index contributed by atoms with van der Waals surface area (Å²) in [5.74, 6) is 0. The highest BCUT2D eigenvalue weighted by Crippen LogP contribution is 2.13. The van der Waals surface area contributed by atoms with Gasteiger partial charge in [0.1, 0.15) is 25.1 Å². The van der Waals surface area contributed by atoms with Crippen molar-refractivity contribution in [2.75, 3.05) is 66.8 Å². The Bertz CT molecular complexity index is 703. The predicted octanol–water partition coefficient (Wildman–Crippen LogP) is 4.20. The van der Waals surface area contributed by atoms with E-state index < -0.39 is 0 Å². The molecule has 192 valence electrons. The van der Waals surface area contributed by atoms with Crippen LogP contribution in [0.5, 0.6) is 0 Å². The molecule has 0 bridgehead atoms. The van der Waals surface area contributed by atoms with Gasteiger partial charge in [0.2, 0.25) is 0 Å². The van der Waals surface area contributed by atoms with Crippen LogP contribution in [0.1, 0.15) is 22.6 Å². The highest BCUT2D eigenvalue weighted by molar-refractivity contribution is 7.10. The van der Waals surface area contributed by atoms with Gasteiger partial charge in [-0.25, -0.2) is 0 Å². The van der Waals surface area contributed by atoms with Crippen LogP contribution in [-0.2, 0) is 46.0 Å². The summed E-state index contributed by atoms with van der Waals surface area (Å²) >= 11 is 3.61. The fourth-order valence-corrected chi connectivity index (χ4v) is 4.51. The van der Waals surface area contributed by atoms with Gasteiger partial charge in [-0.3, -0.25) is 0 Å². The van der Waals surface area contributed by atoms with Crippen molar-refractivity contribution in [1.82, 2.24) is 0 Å². The van der Waals surface area contributed by atoms with Gasteiger partial charge >= 0.3 is 0 Å². The van der Waals surface area contributed by atoms with E-state index in [0.29, 0.717) is 25.9 Å². The zero-order chi connectivity index (χ0) is 23.7. The average Bonchev–Trinajstić information content (AvgIpc) is 3.74. The van der Waals surface area contributed by atoms with Gasteiger partial charge in [-0.1, -0.05) is 12.1 Å². The minimum atomic E-state index is -0.0922. The number of ether oxygens (including phenoxy) is 7. The first-order valence-corrected chi connectivity index (χ1v) is 13.7. The molecule has 4 rings (SSSR count). The summed E-state index contributed by atoms with van der Waals surface area (Å²) in [5.41, 5.74) is 0. The highest BCUT2D eigenvalue weighted by atomic mass is 32.1. The second kappa shape index (κ2) is 17.5. The molecule has 0 saturated carbocycles. The van der Waals surface area contributed by atoms with E-state index in [0.717, 1.165) is 58.7 Å². The van der Waals surface area contributed by atoms with Gasteiger partial charge in [0.25, 0.3) is 0 Å². The summed E-state index contributed by atoms with van der Waals surface area (Å²) in [7, 11) is 1.61. The largest absolute Gasteiger partial charge is 0.379 e. The first kappa shape index (κ1) is 27.7. The van der Waals surface area contributed by atoms with Crippen LogP contribution in [0.15, 0.2) is 35.0 Å². The summed E-state index contributed by atoms with van der Waals surface area (Å²) in [6.45, 7) is 6.00. The summed E-state index contributed by atoms with van der Waals surface area (Å²) in [5, 5.41) is 4.22. The van der Waals surface area contributed by atoms with Gasteiger partial charge in [-0.05, 0) is 48.6 Å². The zero-order valence-electron chi connectivity index (χ0n) is 20.1. The van der Waals surface area contributed by atoms with E-state index in [2.05, 4.69) is 35.0 Å². The molecule has 0 N–H and O–H groups in total. The van der Waals surface area contributed by atoms with E-state index in [-0.39, 0.29) is 19.0 Å². The van der Waals surface area contributed by atoms with Gasteiger partial charge in [0, 0.05) is 30.1 Å². The van der Waals surface area contributed by atoms with Crippen molar-refractivity contribution in [1.29, 1.82) is 0 Å². The van der Waals surface area contributed by atoms with Crippen molar-refractivity contribution in [3.05, 3.63) is 44.8 Å². The Kier molecular flexibility index (Phi) is 14.3. The molecule has 0 aliphatic carbocycles. The van der Waals surface area contributed by atoms with Crippen LogP contribution in [-0.4, -0.2) is 85.1 Å². The third-order valence-corrected chi connectivity index (χ3v) is 6.90. The van der Waals surface area contributed by atoms with Crippen molar-refractivity contribution < 1.29 is 33.2 Å². The zero-order valence-corrected chi connectivity index (χ0v) is 21.7. The molecule has 0 spiro atoms. The molecule has 2 aliphatic rings. The molecule has 0 amide bonds. The molecule has 7 nitrogen and oxygen atoms in total. The van der Waals surface area contributed by atoms with Gasteiger partial charge < -0.3 is 33.2 Å². The second-order valence-corrected chi connectivity index (χ2v) is 10.2. The molecular weight excluding hydrogens is 476 g/mol. The lowest BCUT2D eigenvalue weighted by Gasteiger charge is -2.17. The molecule has 2 aromatic rings. The van der Waals surface area contributed by atoms with Gasteiger partial charge in [0.05, 0.1) is 39.6 Å². The minimum absolute atomic E-state index is 0.0922. The highest BCUT2D eigenvalue weighted by Gasteiger charge is 2.23. The van der Waals surface area contributed by atoms with Crippen LogP contribution in [0.25, 0.3) is 0 Å². The number of epoxide rings is 2. The van der Waals surface area contributed by atoms with Crippen LogP contribution in [0.3, 0.4) is 0 Å². The van der Waals surface area contributed by atoms with Crippen LogP contribution < -0.4 is 0 Å². The van der Waals surface area contributed by atoms with E-state index >= 15 is 0 Å². The number of thiophene rings is 2. The third kappa shape index (κ3) is 13.9. The van der Waals surface area contributed by atoms with Gasteiger partial charge in [-0.2, -0.15) is 0 Å². The van der Waals surface area contributed by atoms with E-state index in [1.807, 2.05) is 11.3 Å². The van der Waals surface area contributed by atoms with Crippen molar-refractivity contribution >= 4 is 22.7 Å². The van der Waals surface area contributed by atoms with Crippen molar-refractivity contribution in [2.45, 2.75) is 44.0 Å². The molecule has 34 heavy (non-hydrogen) atoms.